The Morgan fingerprint density at radius 2 is 1.94 bits per heavy atom. The van der Waals surface area contributed by atoms with Crippen LogP contribution >= 0.6 is 31.9 Å². The molecule has 1 heterocycles. The van der Waals surface area contributed by atoms with Crippen LogP contribution in [0.25, 0.3) is 0 Å². The maximum absolute atomic E-state index is 6.23. The number of halogens is 2. The van der Waals surface area contributed by atoms with Gasteiger partial charge in [0.1, 0.15) is 0 Å². The van der Waals surface area contributed by atoms with Gasteiger partial charge in [0.05, 0.1) is 0 Å². The molecule has 1 aromatic heterocycles. The number of aryl methyl sites for hydroxylation is 1. The van der Waals surface area contributed by atoms with E-state index in [2.05, 4.69) is 62.0 Å². The Kier molecular flexibility index (Phi) is 4.54. The van der Waals surface area contributed by atoms with Crippen LogP contribution in [-0.2, 0) is 6.42 Å². The minimum atomic E-state index is -0.0325. The summed E-state index contributed by atoms with van der Waals surface area (Å²) >= 11 is 6.87. The quantitative estimate of drug-likeness (QED) is 0.882. The SMILES string of the molecule is Cc1cc(Br)cc(C(N)Cc2ccc(Br)cn2)c1. The number of rotatable bonds is 3. The second-order valence-electron chi connectivity index (χ2n) is 4.34. The van der Waals surface area contributed by atoms with E-state index in [1.165, 1.54) is 5.56 Å². The molecule has 0 amide bonds. The normalized spacial score (nSPS) is 12.4. The second kappa shape index (κ2) is 5.95. The number of nitrogens with two attached hydrogens (primary N) is 1. The zero-order chi connectivity index (χ0) is 13.1. The predicted octanol–water partition coefficient (Wildman–Crippen LogP) is 4.16. The van der Waals surface area contributed by atoms with Crippen LogP contribution in [0.4, 0.5) is 0 Å². The lowest BCUT2D eigenvalue weighted by Gasteiger charge is -2.13. The van der Waals surface area contributed by atoms with E-state index in [1.54, 1.807) is 6.20 Å². The van der Waals surface area contributed by atoms with Gasteiger partial charge in [0.15, 0.2) is 0 Å². The van der Waals surface area contributed by atoms with Crippen LogP contribution in [0.5, 0.6) is 0 Å². The van der Waals surface area contributed by atoms with E-state index in [0.717, 1.165) is 26.6 Å². The molecule has 0 radical (unpaired) electrons. The number of benzene rings is 1. The van der Waals surface area contributed by atoms with Crippen LogP contribution in [0, 0.1) is 6.92 Å². The Morgan fingerprint density at radius 3 is 2.56 bits per heavy atom. The lowest BCUT2D eigenvalue weighted by molar-refractivity contribution is 0.705. The molecule has 2 N–H and O–H groups in total. The number of nitrogens with zero attached hydrogens (tertiary/aromatic N) is 1. The third-order valence-corrected chi connectivity index (χ3v) is 3.64. The lowest BCUT2D eigenvalue weighted by Crippen LogP contribution is -2.14. The van der Waals surface area contributed by atoms with Crippen LogP contribution in [0.2, 0.25) is 0 Å². The first-order chi connectivity index (χ1) is 8.54. The summed E-state index contributed by atoms with van der Waals surface area (Å²) in [5.74, 6) is 0. The summed E-state index contributed by atoms with van der Waals surface area (Å²) < 4.78 is 2.05. The molecule has 2 aromatic rings. The molecular weight excluding hydrogens is 356 g/mol. The Labute approximate surface area is 124 Å². The summed E-state index contributed by atoms with van der Waals surface area (Å²) in [4.78, 5) is 4.35. The van der Waals surface area contributed by atoms with Gasteiger partial charge in [-0.15, -0.1) is 0 Å². The molecule has 0 bridgehead atoms. The van der Waals surface area contributed by atoms with Gasteiger partial charge in [-0.1, -0.05) is 22.0 Å². The molecule has 18 heavy (non-hydrogen) atoms. The third-order valence-electron chi connectivity index (χ3n) is 2.71. The molecule has 0 spiro atoms. The molecule has 0 aliphatic heterocycles. The Balaban J connectivity index is 2.16. The average molecular weight is 370 g/mol. The van der Waals surface area contributed by atoms with Crippen molar-refractivity contribution in [2.45, 2.75) is 19.4 Å². The van der Waals surface area contributed by atoms with Crippen molar-refractivity contribution in [3.05, 3.63) is 62.3 Å². The molecule has 0 fully saturated rings. The molecule has 1 aromatic carbocycles. The fraction of sp³-hybridized carbons (Fsp3) is 0.214. The zero-order valence-corrected chi connectivity index (χ0v) is 13.2. The van der Waals surface area contributed by atoms with Crippen molar-refractivity contribution in [1.82, 2.24) is 4.98 Å². The van der Waals surface area contributed by atoms with Crippen molar-refractivity contribution in [2.75, 3.05) is 0 Å². The van der Waals surface area contributed by atoms with Crippen LogP contribution in [0.1, 0.15) is 22.9 Å². The van der Waals surface area contributed by atoms with E-state index in [4.69, 9.17) is 5.73 Å². The monoisotopic (exact) mass is 368 g/mol. The van der Waals surface area contributed by atoms with Gasteiger partial charge in [0.25, 0.3) is 0 Å². The Hall–Kier alpha value is -0.710. The average Bonchev–Trinajstić information content (AvgIpc) is 2.31. The fourth-order valence-electron chi connectivity index (χ4n) is 1.85. The number of hydrogen-bond donors (Lipinski definition) is 1. The van der Waals surface area contributed by atoms with Gasteiger partial charge in [-0.05, 0) is 58.2 Å². The van der Waals surface area contributed by atoms with Crippen molar-refractivity contribution >= 4 is 31.9 Å². The highest BCUT2D eigenvalue weighted by Gasteiger charge is 2.09. The smallest absolute Gasteiger partial charge is 0.0423 e. The zero-order valence-electron chi connectivity index (χ0n) is 10.0. The van der Waals surface area contributed by atoms with Crippen molar-refractivity contribution in [2.24, 2.45) is 5.73 Å². The van der Waals surface area contributed by atoms with Crippen molar-refractivity contribution in [3.63, 3.8) is 0 Å². The third kappa shape index (κ3) is 3.64. The van der Waals surface area contributed by atoms with E-state index in [9.17, 15) is 0 Å². The largest absolute Gasteiger partial charge is 0.324 e. The molecule has 94 valence electrons. The molecule has 1 unspecified atom stereocenters. The molecular formula is C14H14Br2N2. The summed E-state index contributed by atoms with van der Waals surface area (Å²) in [6, 6.07) is 10.2. The minimum absolute atomic E-state index is 0.0325. The molecule has 4 heteroatoms. The van der Waals surface area contributed by atoms with Gasteiger partial charge >= 0.3 is 0 Å². The fourth-order valence-corrected chi connectivity index (χ4v) is 2.71. The highest BCUT2D eigenvalue weighted by atomic mass is 79.9. The number of hydrogen-bond acceptors (Lipinski definition) is 2. The Bertz CT molecular complexity index is 518. The van der Waals surface area contributed by atoms with E-state index < -0.39 is 0 Å². The Morgan fingerprint density at radius 1 is 1.17 bits per heavy atom. The molecule has 0 saturated carbocycles. The molecule has 0 saturated heterocycles. The molecule has 0 aliphatic rings. The van der Waals surface area contributed by atoms with Gasteiger partial charge in [-0.2, -0.15) is 0 Å². The molecule has 0 aliphatic carbocycles. The van der Waals surface area contributed by atoms with Gasteiger partial charge in [0.2, 0.25) is 0 Å². The number of pyridine rings is 1. The van der Waals surface area contributed by atoms with Crippen LogP contribution in [-0.4, -0.2) is 4.98 Å². The standard InChI is InChI=1S/C14H14Br2N2/c1-9-4-10(6-12(16)5-9)14(17)7-13-3-2-11(15)8-18-13/h2-6,8,14H,7,17H2,1H3. The summed E-state index contributed by atoms with van der Waals surface area (Å²) in [6.45, 7) is 2.07. The van der Waals surface area contributed by atoms with Gasteiger partial charge < -0.3 is 5.73 Å². The maximum atomic E-state index is 6.23. The molecule has 2 rings (SSSR count). The van der Waals surface area contributed by atoms with Crippen LogP contribution in [0.3, 0.4) is 0 Å². The van der Waals surface area contributed by atoms with Crippen molar-refractivity contribution < 1.29 is 0 Å². The lowest BCUT2D eigenvalue weighted by atomic mass is 10.0. The van der Waals surface area contributed by atoms with Crippen LogP contribution in [0.15, 0.2) is 45.5 Å². The summed E-state index contributed by atoms with van der Waals surface area (Å²) in [6.07, 6.45) is 2.54. The van der Waals surface area contributed by atoms with Crippen molar-refractivity contribution in [1.29, 1.82) is 0 Å². The first kappa shape index (κ1) is 13.7. The summed E-state index contributed by atoms with van der Waals surface area (Å²) in [5, 5.41) is 0. The first-order valence-corrected chi connectivity index (χ1v) is 7.26. The maximum Gasteiger partial charge on any atom is 0.0423 e. The van der Waals surface area contributed by atoms with Gasteiger partial charge in [-0.25, -0.2) is 0 Å². The predicted molar refractivity (Wildman–Crippen MR) is 81.4 cm³/mol. The van der Waals surface area contributed by atoms with E-state index in [-0.39, 0.29) is 6.04 Å². The summed E-state index contributed by atoms with van der Waals surface area (Å²) in [5.41, 5.74) is 9.57. The van der Waals surface area contributed by atoms with E-state index in [0.29, 0.717) is 0 Å². The van der Waals surface area contributed by atoms with E-state index >= 15 is 0 Å². The van der Waals surface area contributed by atoms with Gasteiger partial charge in [0, 0.05) is 33.3 Å². The van der Waals surface area contributed by atoms with Gasteiger partial charge in [-0.3, -0.25) is 4.98 Å². The van der Waals surface area contributed by atoms with Crippen LogP contribution < -0.4 is 5.73 Å². The van der Waals surface area contributed by atoms with Crippen molar-refractivity contribution in [3.8, 4) is 0 Å². The topological polar surface area (TPSA) is 38.9 Å². The molecule has 1 atom stereocenters. The minimum Gasteiger partial charge on any atom is -0.324 e. The summed E-state index contributed by atoms with van der Waals surface area (Å²) in [7, 11) is 0. The highest BCUT2D eigenvalue weighted by Crippen LogP contribution is 2.22. The second-order valence-corrected chi connectivity index (χ2v) is 6.17. The molecule has 2 nitrogen and oxygen atoms in total. The first-order valence-electron chi connectivity index (χ1n) is 5.67. The highest BCUT2D eigenvalue weighted by molar-refractivity contribution is 9.10. The van der Waals surface area contributed by atoms with E-state index in [1.807, 2.05) is 12.1 Å². The number of aromatic nitrogens is 1.